The molecule has 0 spiro atoms. The summed E-state index contributed by atoms with van der Waals surface area (Å²) >= 11 is 6.29. The smallest absolute Gasteiger partial charge is 0.218 e. The van der Waals surface area contributed by atoms with E-state index < -0.39 is 10.0 Å². The van der Waals surface area contributed by atoms with Crippen molar-refractivity contribution in [2.75, 3.05) is 19.6 Å². The van der Waals surface area contributed by atoms with Crippen molar-refractivity contribution in [3.05, 3.63) is 70.2 Å². The van der Waals surface area contributed by atoms with E-state index >= 15 is 0 Å². The van der Waals surface area contributed by atoms with Gasteiger partial charge in [0.25, 0.3) is 0 Å². The van der Waals surface area contributed by atoms with E-state index in [0.29, 0.717) is 35.8 Å². The second-order valence-corrected chi connectivity index (χ2v) is 8.25. The quantitative estimate of drug-likeness (QED) is 0.891. The summed E-state index contributed by atoms with van der Waals surface area (Å²) in [5, 5.41) is 12.8. The summed E-state index contributed by atoms with van der Waals surface area (Å²) < 4.78 is 27.6. The van der Waals surface area contributed by atoms with E-state index in [1.54, 1.807) is 30.3 Å². The van der Waals surface area contributed by atoms with Gasteiger partial charge < -0.3 is 5.32 Å². The molecule has 1 N–H and O–H groups in total. The van der Waals surface area contributed by atoms with E-state index in [-0.39, 0.29) is 11.8 Å². The predicted octanol–water partition coefficient (Wildman–Crippen LogP) is 2.69. The van der Waals surface area contributed by atoms with E-state index in [9.17, 15) is 8.42 Å². The molecule has 130 valence electrons. The molecular weight excluding hydrogens is 358 g/mol. The standard InChI is InChI=1S/C18H18ClN3O2S/c19-17-7-2-1-6-16(17)18-12-21-8-9-22(18)25(23,24)13-15-5-3-4-14(10-15)11-20/h1-7,10,18,21H,8-9,12-13H2. The van der Waals surface area contributed by atoms with Crippen LogP contribution in [-0.4, -0.2) is 32.4 Å². The van der Waals surface area contributed by atoms with Crippen molar-refractivity contribution in [2.24, 2.45) is 0 Å². The Hall–Kier alpha value is -1.91. The van der Waals surface area contributed by atoms with Crippen molar-refractivity contribution in [1.82, 2.24) is 9.62 Å². The Morgan fingerprint density at radius 1 is 1.24 bits per heavy atom. The van der Waals surface area contributed by atoms with Crippen molar-refractivity contribution in [3.8, 4) is 6.07 Å². The van der Waals surface area contributed by atoms with Gasteiger partial charge in [-0.3, -0.25) is 0 Å². The van der Waals surface area contributed by atoms with E-state index in [4.69, 9.17) is 16.9 Å². The van der Waals surface area contributed by atoms with Crippen LogP contribution in [0.15, 0.2) is 48.5 Å². The highest BCUT2D eigenvalue weighted by molar-refractivity contribution is 7.88. The minimum atomic E-state index is -3.55. The number of nitrogens with zero attached hydrogens (tertiary/aromatic N) is 2. The van der Waals surface area contributed by atoms with E-state index in [1.807, 2.05) is 24.3 Å². The lowest BCUT2D eigenvalue weighted by Gasteiger charge is -2.36. The molecule has 2 aromatic rings. The number of benzene rings is 2. The normalized spacial score (nSPS) is 18.6. The topological polar surface area (TPSA) is 73.2 Å². The average molecular weight is 376 g/mol. The number of nitrogens with one attached hydrogen (secondary N) is 1. The molecule has 1 aliphatic heterocycles. The summed E-state index contributed by atoms with van der Waals surface area (Å²) in [6.07, 6.45) is 0. The molecular formula is C18H18ClN3O2S. The Morgan fingerprint density at radius 2 is 2.04 bits per heavy atom. The van der Waals surface area contributed by atoms with Crippen LogP contribution < -0.4 is 5.32 Å². The third kappa shape index (κ3) is 4.02. The van der Waals surface area contributed by atoms with Crippen LogP contribution in [0.5, 0.6) is 0 Å². The molecule has 2 aromatic carbocycles. The van der Waals surface area contributed by atoms with Gasteiger partial charge in [0.2, 0.25) is 10.0 Å². The van der Waals surface area contributed by atoms with Gasteiger partial charge >= 0.3 is 0 Å². The molecule has 0 amide bonds. The maximum absolute atomic E-state index is 13.0. The van der Waals surface area contributed by atoms with Crippen LogP contribution in [-0.2, 0) is 15.8 Å². The van der Waals surface area contributed by atoms with Gasteiger partial charge in [-0.05, 0) is 29.3 Å². The summed E-state index contributed by atoms with van der Waals surface area (Å²) in [5.74, 6) is -0.135. The van der Waals surface area contributed by atoms with Gasteiger partial charge in [0.1, 0.15) is 0 Å². The minimum absolute atomic E-state index is 0.135. The van der Waals surface area contributed by atoms with Crippen LogP contribution in [0.1, 0.15) is 22.7 Å². The van der Waals surface area contributed by atoms with Crippen LogP contribution >= 0.6 is 11.6 Å². The molecule has 5 nitrogen and oxygen atoms in total. The Labute approximate surface area is 152 Å². The lowest BCUT2D eigenvalue weighted by atomic mass is 10.1. The number of hydrogen-bond donors (Lipinski definition) is 1. The third-order valence-corrected chi connectivity index (χ3v) is 6.41. The highest BCUT2D eigenvalue weighted by Crippen LogP contribution is 2.31. The molecule has 0 aliphatic carbocycles. The summed E-state index contributed by atoms with van der Waals surface area (Å²) in [4.78, 5) is 0. The van der Waals surface area contributed by atoms with E-state index in [2.05, 4.69) is 5.32 Å². The Balaban J connectivity index is 1.91. The van der Waals surface area contributed by atoms with Crippen LogP contribution in [0, 0.1) is 11.3 Å². The minimum Gasteiger partial charge on any atom is -0.313 e. The van der Waals surface area contributed by atoms with Crippen molar-refractivity contribution in [3.63, 3.8) is 0 Å². The van der Waals surface area contributed by atoms with Crippen LogP contribution in [0.3, 0.4) is 0 Å². The molecule has 1 unspecified atom stereocenters. The molecule has 0 aromatic heterocycles. The van der Waals surface area contributed by atoms with Crippen molar-refractivity contribution >= 4 is 21.6 Å². The third-order valence-electron chi connectivity index (χ3n) is 4.22. The zero-order valence-electron chi connectivity index (χ0n) is 13.5. The molecule has 25 heavy (non-hydrogen) atoms. The first-order valence-corrected chi connectivity index (χ1v) is 9.94. The maximum Gasteiger partial charge on any atom is 0.218 e. The number of piperazine rings is 1. The SMILES string of the molecule is N#Cc1cccc(CS(=O)(=O)N2CCNCC2c2ccccc2Cl)c1. The van der Waals surface area contributed by atoms with Gasteiger partial charge in [0.15, 0.2) is 0 Å². The average Bonchev–Trinajstić information content (AvgIpc) is 2.62. The zero-order valence-corrected chi connectivity index (χ0v) is 15.1. The first-order chi connectivity index (χ1) is 12.0. The molecule has 0 saturated carbocycles. The molecule has 0 radical (unpaired) electrons. The first kappa shape index (κ1) is 17.9. The van der Waals surface area contributed by atoms with Crippen molar-refractivity contribution in [2.45, 2.75) is 11.8 Å². The van der Waals surface area contributed by atoms with Crippen molar-refractivity contribution in [1.29, 1.82) is 5.26 Å². The fraction of sp³-hybridized carbons (Fsp3) is 0.278. The molecule has 1 heterocycles. The number of halogens is 1. The van der Waals surface area contributed by atoms with E-state index in [0.717, 1.165) is 5.56 Å². The first-order valence-electron chi connectivity index (χ1n) is 7.95. The largest absolute Gasteiger partial charge is 0.313 e. The summed E-state index contributed by atoms with van der Waals surface area (Å²) in [6, 6.07) is 15.7. The second-order valence-electron chi connectivity index (χ2n) is 5.92. The monoisotopic (exact) mass is 375 g/mol. The summed E-state index contributed by atoms with van der Waals surface area (Å²) in [6.45, 7) is 1.50. The number of sulfonamides is 1. The highest BCUT2D eigenvalue weighted by atomic mass is 35.5. The van der Waals surface area contributed by atoms with E-state index in [1.165, 1.54) is 4.31 Å². The predicted molar refractivity (Wildman–Crippen MR) is 97.5 cm³/mol. The highest BCUT2D eigenvalue weighted by Gasteiger charge is 2.34. The van der Waals surface area contributed by atoms with Crippen LogP contribution in [0.4, 0.5) is 0 Å². The molecule has 0 bridgehead atoms. The lowest BCUT2D eigenvalue weighted by molar-refractivity contribution is 0.271. The number of nitriles is 1. The number of rotatable bonds is 4. The lowest BCUT2D eigenvalue weighted by Crippen LogP contribution is -2.49. The fourth-order valence-electron chi connectivity index (χ4n) is 3.05. The maximum atomic E-state index is 13.0. The molecule has 1 saturated heterocycles. The zero-order chi connectivity index (χ0) is 17.9. The molecule has 1 aliphatic rings. The van der Waals surface area contributed by atoms with Gasteiger partial charge in [-0.2, -0.15) is 9.57 Å². The molecule has 1 atom stereocenters. The fourth-order valence-corrected chi connectivity index (χ4v) is 5.03. The van der Waals surface area contributed by atoms with Crippen molar-refractivity contribution < 1.29 is 8.42 Å². The molecule has 3 rings (SSSR count). The molecule has 1 fully saturated rings. The van der Waals surface area contributed by atoms with Gasteiger partial charge in [-0.15, -0.1) is 0 Å². The second kappa shape index (κ2) is 7.54. The van der Waals surface area contributed by atoms with Crippen LogP contribution in [0.2, 0.25) is 5.02 Å². The van der Waals surface area contributed by atoms with Crippen LogP contribution in [0.25, 0.3) is 0 Å². The summed E-state index contributed by atoms with van der Waals surface area (Å²) in [5.41, 5.74) is 1.86. The number of hydrogen-bond acceptors (Lipinski definition) is 4. The van der Waals surface area contributed by atoms with Gasteiger partial charge in [0.05, 0.1) is 23.4 Å². The molecule has 7 heteroatoms. The van der Waals surface area contributed by atoms with Gasteiger partial charge in [-0.25, -0.2) is 8.42 Å². The van der Waals surface area contributed by atoms with Gasteiger partial charge in [0, 0.05) is 24.7 Å². The van der Waals surface area contributed by atoms with Gasteiger partial charge in [-0.1, -0.05) is 41.9 Å². The Bertz CT molecular complexity index is 909. The summed E-state index contributed by atoms with van der Waals surface area (Å²) in [7, 11) is -3.55. The Kier molecular flexibility index (Phi) is 5.40. The Morgan fingerprint density at radius 3 is 2.80 bits per heavy atom.